The van der Waals surface area contributed by atoms with Crippen molar-refractivity contribution in [1.82, 2.24) is 15.6 Å². The third-order valence-electron chi connectivity index (χ3n) is 8.29. The van der Waals surface area contributed by atoms with Gasteiger partial charge in [-0.15, -0.1) is 0 Å². The number of carbonyl (C=O) groups excluding carboxylic acids is 3. The zero-order chi connectivity index (χ0) is 43.3. The van der Waals surface area contributed by atoms with Gasteiger partial charge in [-0.3, -0.25) is 9.59 Å². The summed E-state index contributed by atoms with van der Waals surface area (Å²) >= 11 is 4.71. The highest BCUT2D eigenvalue weighted by Gasteiger charge is 2.21. The van der Waals surface area contributed by atoms with Gasteiger partial charge in [0.05, 0.1) is 37.0 Å². The van der Waals surface area contributed by atoms with E-state index in [-0.39, 0.29) is 42.7 Å². The lowest BCUT2D eigenvalue weighted by Gasteiger charge is -2.23. The van der Waals surface area contributed by atoms with Crippen molar-refractivity contribution < 1.29 is 28.3 Å². The first-order chi connectivity index (χ1) is 28.1. The number of rotatable bonds is 16. The molecule has 0 bridgehead atoms. The fourth-order valence-corrected chi connectivity index (χ4v) is 5.29. The van der Waals surface area contributed by atoms with Gasteiger partial charge in [0.15, 0.2) is 5.76 Å². The molecule has 0 aliphatic carbocycles. The average Bonchev–Trinajstić information content (AvgIpc) is 3.71. The molecule has 0 spiro atoms. The van der Waals surface area contributed by atoms with Crippen LogP contribution in [0.4, 0.5) is 11.4 Å². The number of oxazole rings is 1. The summed E-state index contributed by atoms with van der Waals surface area (Å²) in [6.45, 7) is 12.1. The van der Waals surface area contributed by atoms with Crippen LogP contribution >= 0.6 is 12.2 Å². The molecule has 0 saturated carbocycles. The number of aldehydes is 1. The van der Waals surface area contributed by atoms with Crippen LogP contribution in [0.3, 0.4) is 0 Å². The van der Waals surface area contributed by atoms with Gasteiger partial charge in [0, 0.05) is 36.0 Å². The normalized spacial score (nSPS) is 12.0. The van der Waals surface area contributed by atoms with E-state index in [2.05, 4.69) is 38.4 Å². The molecule has 0 fully saturated rings. The largest absolute Gasteiger partial charge is 0.436 e. The number of likely N-dealkylation sites (N-methyl/N-ethyl adjacent to an activating group) is 1. The Morgan fingerprint density at radius 1 is 0.746 bits per heavy atom. The van der Waals surface area contributed by atoms with Gasteiger partial charge in [0.25, 0.3) is 0 Å². The van der Waals surface area contributed by atoms with Crippen LogP contribution in [-0.2, 0) is 36.7 Å². The molecule has 11 nitrogen and oxygen atoms in total. The average molecular weight is 822 g/mol. The van der Waals surface area contributed by atoms with E-state index < -0.39 is 12.1 Å². The Kier molecular flexibility index (Phi) is 19.8. The van der Waals surface area contributed by atoms with E-state index in [0.717, 1.165) is 28.8 Å². The van der Waals surface area contributed by atoms with E-state index in [0.29, 0.717) is 23.6 Å². The number of carbonyl (C=O) groups is 3. The van der Waals surface area contributed by atoms with Crippen molar-refractivity contribution in [1.29, 1.82) is 0 Å². The number of nitrogens with one attached hydrogen (secondary N) is 4. The zero-order valence-corrected chi connectivity index (χ0v) is 36.2. The fraction of sp³-hybridized carbons (Fsp3) is 0.340. The SMILES string of the molecule is CC(C)(C)OCC(C=O)NC(=O)Cc1ccccc1.CNc1ccc(-c2cnc(-c3ccc(NC(=O)C(COC(C)(C)C)NC)cc3)o2)cc1.S=CCc1ccccc1. The fourth-order valence-electron chi connectivity index (χ4n) is 5.10. The Hall–Kier alpha value is -5.53. The molecule has 5 rings (SSSR count). The third kappa shape index (κ3) is 18.7. The Bertz CT molecular complexity index is 1990. The molecule has 0 saturated heterocycles. The minimum Gasteiger partial charge on any atom is -0.436 e. The molecule has 2 amide bonds. The molecular formula is C47H59N5O6S. The molecule has 0 aliphatic rings. The zero-order valence-electron chi connectivity index (χ0n) is 35.4. The van der Waals surface area contributed by atoms with Gasteiger partial charge in [0.1, 0.15) is 18.4 Å². The molecule has 4 N–H and O–H groups in total. The van der Waals surface area contributed by atoms with Gasteiger partial charge in [-0.05, 0) is 114 Å². The lowest BCUT2D eigenvalue weighted by atomic mass is 10.1. The first-order valence-electron chi connectivity index (χ1n) is 19.5. The van der Waals surface area contributed by atoms with Crippen LogP contribution < -0.4 is 21.3 Å². The number of benzene rings is 4. The van der Waals surface area contributed by atoms with Crippen molar-refractivity contribution in [2.75, 3.05) is 37.9 Å². The molecule has 5 aromatic rings. The summed E-state index contributed by atoms with van der Waals surface area (Å²) in [5, 5.41) is 13.4. The second-order valence-corrected chi connectivity index (χ2v) is 15.8. The van der Waals surface area contributed by atoms with Crippen molar-refractivity contribution in [3.8, 4) is 22.8 Å². The lowest BCUT2D eigenvalue weighted by molar-refractivity contribution is -0.125. The van der Waals surface area contributed by atoms with E-state index in [4.69, 9.17) is 26.1 Å². The minimum absolute atomic E-state index is 0.150. The van der Waals surface area contributed by atoms with Crippen LogP contribution in [0, 0.1) is 0 Å². The van der Waals surface area contributed by atoms with Gasteiger partial charge >= 0.3 is 0 Å². The van der Waals surface area contributed by atoms with Gasteiger partial charge in [0.2, 0.25) is 17.7 Å². The molecule has 0 radical (unpaired) electrons. The van der Waals surface area contributed by atoms with Crippen molar-refractivity contribution in [3.63, 3.8) is 0 Å². The number of hydrogen-bond donors (Lipinski definition) is 4. The molecule has 1 heterocycles. The van der Waals surface area contributed by atoms with E-state index in [1.54, 1.807) is 18.6 Å². The summed E-state index contributed by atoms with van der Waals surface area (Å²) in [4.78, 5) is 39.6. The number of thiocarbonyl (C=S) groups is 1. The van der Waals surface area contributed by atoms with Crippen LogP contribution in [0.2, 0.25) is 0 Å². The van der Waals surface area contributed by atoms with Gasteiger partial charge in [-0.2, -0.15) is 0 Å². The highest BCUT2D eigenvalue weighted by molar-refractivity contribution is 7.79. The van der Waals surface area contributed by atoms with Crippen LogP contribution in [0.1, 0.15) is 52.7 Å². The summed E-state index contributed by atoms with van der Waals surface area (Å²) in [7, 11) is 3.62. The van der Waals surface area contributed by atoms with Crippen molar-refractivity contribution in [2.24, 2.45) is 0 Å². The van der Waals surface area contributed by atoms with Crippen molar-refractivity contribution in [3.05, 3.63) is 127 Å². The minimum atomic E-state index is -0.601. The maximum Gasteiger partial charge on any atom is 0.243 e. The van der Waals surface area contributed by atoms with Gasteiger partial charge in [-0.1, -0.05) is 72.9 Å². The number of nitrogens with zero attached hydrogens (tertiary/aromatic N) is 1. The maximum absolute atomic E-state index is 12.5. The Balaban J connectivity index is 0.000000280. The number of hydrogen-bond acceptors (Lipinski definition) is 10. The van der Waals surface area contributed by atoms with E-state index in [1.165, 1.54) is 5.56 Å². The van der Waals surface area contributed by atoms with Gasteiger partial charge < -0.3 is 40.0 Å². The topological polar surface area (TPSA) is 144 Å². The summed E-state index contributed by atoms with van der Waals surface area (Å²) in [6.07, 6.45) is 3.58. The van der Waals surface area contributed by atoms with Crippen LogP contribution in [0.25, 0.3) is 22.8 Å². The lowest BCUT2D eigenvalue weighted by Crippen LogP contribution is -2.43. The molecule has 4 aromatic carbocycles. The molecule has 1 aromatic heterocycles. The first kappa shape index (κ1) is 47.8. The van der Waals surface area contributed by atoms with E-state index in [1.807, 2.05) is 146 Å². The van der Waals surface area contributed by atoms with Crippen LogP contribution in [0.5, 0.6) is 0 Å². The molecule has 59 heavy (non-hydrogen) atoms. The number of aromatic nitrogens is 1. The summed E-state index contributed by atoms with van der Waals surface area (Å²) in [5.74, 6) is 0.895. The predicted octanol–water partition coefficient (Wildman–Crippen LogP) is 8.35. The highest BCUT2D eigenvalue weighted by atomic mass is 32.1. The number of ether oxygens (including phenoxy) is 2. The second-order valence-electron chi connectivity index (χ2n) is 15.4. The Morgan fingerprint density at radius 2 is 1.29 bits per heavy atom. The Labute approximate surface area is 354 Å². The third-order valence-corrected chi connectivity index (χ3v) is 8.45. The molecule has 0 aliphatic heterocycles. The highest BCUT2D eigenvalue weighted by Crippen LogP contribution is 2.27. The Morgan fingerprint density at radius 3 is 1.81 bits per heavy atom. The van der Waals surface area contributed by atoms with Crippen molar-refractivity contribution in [2.45, 2.75) is 77.7 Å². The van der Waals surface area contributed by atoms with Crippen LogP contribution in [-0.4, -0.2) is 79.0 Å². The standard InChI is InChI=1S/C24H30N4O3.C15H21NO3.C8H8S/c1-24(2,3)30-15-20(26-5)22(29)28-19-12-8-17(9-13-19)23-27-14-21(31-23)16-6-10-18(25-4)11-7-16;1-15(2,3)19-11-13(10-17)16-14(18)9-12-7-5-4-6-8-12;9-7-6-8-4-2-1-3-5-8/h6-14,20,25-26H,15H2,1-5H3,(H,28,29);4-8,10,13H,9,11H2,1-3H3,(H,16,18);1-5,7H,6H2. The second kappa shape index (κ2) is 24.4. The quantitative estimate of drug-likeness (QED) is 0.0567. The van der Waals surface area contributed by atoms with E-state index in [9.17, 15) is 14.4 Å². The summed E-state index contributed by atoms with van der Waals surface area (Å²) < 4.78 is 17.1. The monoisotopic (exact) mass is 821 g/mol. The molecule has 2 unspecified atom stereocenters. The summed E-state index contributed by atoms with van der Waals surface area (Å²) in [5.41, 5.74) is 5.08. The predicted molar refractivity (Wildman–Crippen MR) is 242 cm³/mol. The summed E-state index contributed by atoms with van der Waals surface area (Å²) in [6, 6.07) is 33.9. The molecule has 12 heteroatoms. The van der Waals surface area contributed by atoms with Crippen molar-refractivity contribution >= 4 is 47.1 Å². The molecule has 314 valence electrons. The van der Waals surface area contributed by atoms with Crippen LogP contribution in [0.15, 0.2) is 120 Å². The molecule has 2 atom stereocenters. The number of anilines is 2. The number of amides is 2. The molecular weight excluding hydrogens is 763 g/mol. The first-order valence-corrected chi connectivity index (χ1v) is 20.0. The maximum atomic E-state index is 12.5. The van der Waals surface area contributed by atoms with E-state index >= 15 is 0 Å². The smallest absolute Gasteiger partial charge is 0.243 e. The van der Waals surface area contributed by atoms with Gasteiger partial charge in [-0.25, -0.2) is 4.98 Å².